The number of nitrogens with one attached hydrogen (secondary N) is 1. The fourth-order valence-electron chi connectivity index (χ4n) is 1.62. The summed E-state index contributed by atoms with van der Waals surface area (Å²) in [5.41, 5.74) is 2.87. The quantitative estimate of drug-likeness (QED) is 0.879. The van der Waals surface area contributed by atoms with E-state index < -0.39 is 6.09 Å². The average Bonchev–Trinajstić information content (AvgIpc) is 2.52. The molecule has 0 saturated heterocycles. The third-order valence-electron chi connectivity index (χ3n) is 2.80. The molecule has 1 amide bonds. The van der Waals surface area contributed by atoms with Crippen molar-refractivity contribution in [3.63, 3.8) is 0 Å². The van der Waals surface area contributed by atoms with E-state index in [1.54, 1.807) is 12.4 Å². The van der Waals surface area contributed by atoms with Gasteiger partial charge in [0.2, 0.25) is 0 Å². The summed E-state index contributed by atoms with van der Waals surface area (Å²) < 4.78 is 5.07. The molecular formula is C17H16N2O2. The molecule has 2 aromatic rings. The highest BCUT2D eigenvalue weighted by molar-refractivity contribution is 5.67. The van der Waals surface area contributed by atoms with Gasteiger partial charge in [0.05, 0.1) is 6.54 Å². The molecule has 0 atom stereocenters. The van der Waals surface area contributed by atoms with Crippen LogP contribution in [0.5, 0.6) is 0 Å². The minimum Gasteiger partial charge on any atom is -0.445 e. The lowest BCUT2D eigenvalue weighted by Gasteiger charge is -2.04. The van der Waals surface area contributed by atoms with Gasteiger partial charge in [-0.2, -0.15) is 0 Å². The third-order valence-corrected chi connectivity index (χ3v) is 2.80. The fourth-order valence-corrected chi connectivity index (χ4v) is 1.62. The van der Waals surface area contributed by atoms with Gasteiger partial charge in [0.25, 0.3) is 0 Å². The molecule has 1 aromatic carbocycles. The second kappa shape index (κ2) is 7.71. The molecule has 2 rings (SSSR count). The van der Waals surface area contributed by atoms with Crippen molar-refractivity contribution in [3.05, 3.63) is 65.5 Å². The van der Waals surface area contributed by atoms with Crippen LogP contribution >= 0.6 is 0 Å². The topological polar surface area (TPSA) is 51.2 Å². The summed E-state index contributed by atoms with van der Waals surface area (Å²) in [5, 5.41) is 2.59. The summed E-state index contributed by atoms with van der Waals surface area (Å²) in [6.07, 6.45) is 2.95. The van der Waals surface area contributed by atoms with Crippen molar-refractivity contribution in [3.8, 4) is 11.8 Å². The number of aromatic nitrogens is 1. The highest BCUT2D eigenvalue weighted by Crippen LogP contribution is 2.02. The summed E-state index contributed by atoms with van der Waals surface area (Å²) in [7, 11) is 0. The Morgan fingerprint density at radius 3 is 2.86 bits per heavy atom. The van der Waals surface area contributed by atoms with Gasteiger partial charge in [-0.1, -0.05) is 42.2 Å². The number of aryl methyl sites for hydroxylation is 1. The van der Waals surface area contributed by atoms with Crippen molar-refractivity contribution in [2.24, 2.45) is 0 Å². The maximum absolute atomic E-state index is 11.5. The van der Waals surface area contributed by atoms with Crippen molar-refractivity contribution in [1.29, 1.82) is 0 Å². The molecule has 1 heterocycles. The first-order valence-electron chi connectivity index (χ1n) is 6.60. The normalized spacial score (nSPS) is 9.38. The van der Waals surface area contributed by atoms with Gasteiger partial charge in [0.15, 0.2) is 0 Å². The second-order valence-electron chi connectivity index (χ2n) is 4.41. The van der Waals surface area contributed by atoms with Gasteiger partial charge < -0.3 is 10.1 Å². The summed E-state index contributed by atoms with van der Waals surface area (Å²) >= 11 is 0. The van der Waals surface area contributed by atoms with Crippen LogP contribution in [0.2, 0.25) is 0 Å². The number of carbonyl (C=O) groups excluding carboxylic acids is 1. The third kappa shape index (κ3) is 5.00. The maximum Gasteiger partial charge on any atom is 0.408 e. The van der Waals surface area contributed by atoms with Gasteiger partial charge in [-0.3, -0.25) is 4.98 Å². The number of amides is 1. The summed E-state index contributed by atoms with van der Waals surface area (Å²) in [5.74, 6) is 5.83. The zero-order chi connectivity index (χ0) is 14.9. The van der Waals surface area contributed by atoms with E-state index in [9.17, 15) is 4.79 Å². The van der Waals surface area contributed by atoms with E-state index in [0.29, 0.717) is 0 Å². The first-order valence-corrected chi connectivity index (χ1v) is 6.60. The lowest BCUT2D eigenvalue weighted by Crippen LogP contribution is -2.24. The maximum atomic E-state index is 11.5. The monoisotopic (exact) mass is 280 g/mol. The predicted octanol–water partition coefficient (Wildman–Crippen LogP) is 2.67. The highest BCUT2D eigenvalue weighted by atomic mass is 16.5. The van der Waals surface area contributed by atoms with Crippen LogP contribution in [0.1, 0.15) is 16.7 Å². The van der Waals surface area contributed by atoms with Gasteiger partial charge in [0, 0.05) is 18.0 Å². The first-order chi connectivity index (χ1) is 10.3. The van der Waals surface area contributed by atoms with Crippen molar-refractivity contribution >= 4 is 6.09 Å². The molecule has 21 heavy (non-hydrogen) atoms. The van der Waals surface area contributed by atoms with Crippen molar-refractivity contribution in [2.75, 3.05) is 6.54 Å². The number of pyridine rings is 1. The molecule has 0 bridgehead atoms. The van der Waals surface area contributed by atoms with Crippen LogP contribution in [-0.2, 0) is 11.3 Å². The molecule has 1 N–H and O–H groups in total. The molecule has 0 unspecified atom stereocenters. The lowest BCUT2D eigenvalue weighted by atomic mass is 10.2. The van der Waals surface area contributed by atoms with E-state index in [0.717, 1.165) is 16.7 Å². The van der Waals surface area contributed by atoms with Crippen LogP contribution in [0.3, 0.4) is 0 Å². The summed E-state index contributed by atoms with van der Waals surface area (Å²) in [6.45, 7) is 2.46. The first kappa shape index (κ1) is 14.6. The number of hydrogen-bond acceptors (Lipinski definition) is 3. The van der Waals surface area contributed by atoms with Crippen LogP contribution < -0.4 is 5.32 Å². The number of benzene rings is 1. The number of alkyl carbamates (subject to hydrolysis) is 1. The number of hydrogen-bond donors (Lipinski definition) is 1. The molecular weight excluding hydrogens is 264 g/mol. The minimum absolute atomic E-state index is 0.238. The minimum atomic E-state index is -0.476. The molecule has 0 radical (unpaired) electrons. The van der Waals surface area contributed by atoms with Gasteiger partial charge in [-0.05, 0) is 24.1 Å². The van der Waals surface area contributed by atoms with Crippen LogP contribution in [0.15, 0.2) is 48.8 Å². The van der Waals surface area contributed by atoms with E-state index in [1.165, 1.54) is 0 Å². The Hall–Kier alpha value is -2.80. The Balaban J connectivity index is 1.74. The van der Waals surface area contributed by atoms with Crippen LogP contribution in [0.4, 0.5) is 4.79 Å². The number of ether oxygens (including phenoxy) is 1. The number of rotatable bonds is 3. The standard InChI is InChI=1S/C17H16N2O2/c1-14-9-11-18-12-16(14)8-5-10-19-17(20)21-13-15-6-3-2-4-7-15/h2-4,6-7,9,11-12H,10,13H2,1H3,(H,19,20). The zero-order valence-electron chi connectivity index (χ0n) is 11.8. The van der Waals surface area contributed by atoms with Gasteiger partial charge in [-0.15, -0.1) is 0 Å². The Morgan fingerprint density at radius 2 is 2.10 bits per heavy atom. The fraction of sp³-hybridized carbons (Fsp3) is 0.176. The molecule has 0 fully saturated rings. The molecule has 0 aliphatic carbocycles. The summed E-state index contributed by atoms with van der Waals surface area (Å²) in [4.78, 5) is 15.5. The Labute approximate surface area is 124 Å². The molecule has 0 saturated carbocycles. The average molecular weight is 280 g/mol. The molecule has 0 aliphatic heterocycles. The van der Waals surface area contributed by atoms with Gasteiger partial charge >= 0.3 is 6.09 Å². The zero-order valence-corrected chi connectivity index (χ0v) is 11.8. The number of carbonyl (C=O) groups is 1. The SMILES string of the molecule is Cc1ccncc1C#CCNC(=O)OCc1ccccc1. The smallest absolute Gasteiger partial charge is 0.408 e. The highest BCUT2D eigenvalue weighted by Gasteiger charge is 2.00. The molecule has 1 aromatic heterocycles. The number of nitrogens with zero attached hydrogens (tertiary/aromatic N) is 1. The van der Waals surface area contributed by atoms with Gasteiger partial charge in [0.1, 0.15) is 6.61 Å². The Kier molecular flexibility index (Phi) is 5.36. The molecule has 0 aliphatic rings. The molecule has 106 valence electrons. The second-order valence-corrected chi connectivity index (χ2v) is 4.41. The van der Waals surface area contributed by atoms with E-state index in [2.05, 4.69) is 22.1 Å². The van der Waals surface area contributed by atoms with Crippen molar-refractivity contribution < 1.29 is 9.53 Å². The van der Waals surface area contributed by atoms with E-state index in [4.69, 9.17) is 4.74 Å². The molecule has 0 spiro atoms. The van der Waals surface area contributed by atoms with E-state index in [-0.39, 0.29) is 13.2 Å². The lowest BCUT2D eigenvalue weighted by molar-refractivity contribution is 0.141. The van der Waals surface area contributed by atoms with Crippen LogP contribution in [-0.4, -0.2) is 17.6 Å². The molecule has 4 nitrogen and oxygen atoms in total. The predicted molar refractivity (Wildman–Crippen MR) is 80.5 cm³/mol. The Morgan fingerprint density at radius 1 is 1.29 bits per heavy atom. The van der Waals surface area contributed by atoms with E-state index >= 15 is 0 Å². The molecule has 4 heteroatoms. The summed E-state index contributed by atoms with van der Waals surface area (Å²) in [6, 6.07) is 11.4. The van der Waals surface area contributed by atoms with Crippen LogP contribution in [0, 0.1) is 18.8 Å². The van der Waals surface area contributed by atoms with E-state index in [1.807, 2.05) is 43.3 Å². The Bertz CT molecular complexity index is 657. The largest absolute Gasteiger partial charge is 0.445 e. The van der Waals surface area contributed by atoms with Crippen LogP contribution in [0.25, 0.3) is 0 Å². The van der Waals surface area contributed by atoms with Gasteiger partial charge in [-0.25, -0.2) is 4.79 Å². The van der Waals surface area contributed by atoms with Crippen molar-refractivity contribution in [2.45, 2.75) is 13.5 Å². The van der Waals surface area contributed by atoms with Crippen molar-refractivity contribution in [1.82, 2.24) is 10.3 Å².